The summed E-state index contributed by atoms with van der Waals surface area (Å²) in [4.78, 5) is 17.1. The monoisotopic (exact) mass is 446 g/mol. The number of thiazole rings is 1. The largest absolute Gasteiger partial charge is 0.497 e. The molecule has 0 fully saturated rings. The number of nitrogens with one attached hydrogen (secondary N) is 1. The van der Waals surface area contributed by atoms with E-state index in [1.807, 2.05) is 48.5 Å². The van der Waals surface area contributed by atoms with Crippen molar-refractivity contribution in [3.8, 4) is 27.8 Å². The fourth-order valence-corrected chi connectivity index (χ4v) is 3.83. The van der Waals surface area contributed by atoms with Crippen molar-refractivity contribution in [2.75, 3.05) is 19.5 Å². The number of nitrogens with zero attached hydrogens (tertiary/aromatic N) is 1. The van der Waals surface area contributed by atoms with Crippen molar-refractivity contribution in [3.63, 3.8) is 0 Å². The van der Waals surface area contributed by atoms with Crippen LogP contribution in [0.2, 0.25) is 0 Å². The summed E-state index contributed by atoms with van der Waals surface area (Å²) >= 11 is 1.41. The Morgan fingerprint density at radius 1 is 0.906 bits per heavy atom. The van der Waals surface area contributed by atoms with Gasteiger partial charge in [-0.15, -0.1) is 11.3 Å². The molecule has 0 unspecified atom stereocenters. The van der Waals surface area contributed by atoms with Gasteiger partial charge in [0.2, 0.25) is 0 Å². The van der Waals surface area contributed by atoms with Gasteiger partial charge in [-0.05, 0) is 54.1 Å². The number of carbonyl (C=O) groups excluding carboxylic acids is 1. The van der Waals surface area contributed by atoms with E-state index in [1.54, 1.807) is 43.9 Å². The molecule has 0 saturated heterocycles. The number of methoxy groups -OCH3 is 2. The second kappa shape index (κ2) is 9.98. The fourth-order valence-electron chi connectivity index (χ4n) is 3.03. The Morgan fingerprint density at radius 2 is 1.66 bits per heavy atom. The first-order valence-electron chi connectivity index (χ1n) is 9.92. The number of carbonyl (C=O) groups is 1. The van der Waals surface area contributed by atoms with E-state index in [4.69, 9.17) is 14.2 Å². The summed E-state index contributed by atoms with van der Waals surface area (Å²) in [7, 11) is 3.24. The molecule has 4 rings (SSSR count). The van der Waals surface area contributed by atoms with Crippen LogP contribution >= 0.6 is 11.3 Å². The number of anilines is 1. The predicted octanol–water partition coefficient (Wildman–Crippen LogP) is 5.66. The average molecular weight is 447 g/mol. The lowest BCUT2D eigenvalue weighted by atomic mass is 10.2. The van der Waals surface area contributed by atoms with Crippen LogP contribution in [0.3, 0.4) is 0 Å². The zero-order chi connectivity index (χ0) is 22.3. The lowest BCUT2D eigenvalue weighted by Crippen LogP contribution is -2.12. The molecule has 0 aliphatic heterocycles. The van der Waals surface area contributed by atoms with Gasteiger partial charge in [-0.25, -0.2) is 4.98 Å². The molecule has 1 aromatic heterocycles. The lowest BCUT2D eigenvalue weighted by Gasteiger charge is -2.08. The Hall–Kier alpha value is -3.84. The number of amides is 1. The van der Waals surface area contributed by atoms with Crippen molar-refractivity contribution in [1.82, 2.24) is 4.98 Å². The minimum atomic E-state index is -0.261. The van der Waals surface area contributed by atoms with E-state index in [9.17, 15) is 4.79 Å². The van der Waals surface area contributed by atoms with Gasteiger partial charge in [0.25, 0.3) is 5.91 Å². The maximum Gasteiger partial charge on any atom is 0.275 e. The van der Waals surface area contributed by atoms with E-state index in [2.05, 4.69) is 10.3 Å². The SMILES string of the molecule is COc1ccc(NC(=O)c2csc(-c3cccc(OCc4cccc(OC)c4)c3)n2)cc1. The first-order chi connectivity index (χ1) is 15.6. The van der Waals surface area contributed by atoms with Gasteiger partial charge in [0.1, 0.15) is 34.6 Å². The van der Waals surface area contributed by atoms with Gasteiger partial charge in [-0.3, -0.25) is 4.79 Å². The Morgan fingerprint density at radius 3 is 2.44 bits per heavy atom. The van der Waals surface area contributed by atoms with E-state index in [0.29, 0.717) is 18.0 Å². The van der Waals surface area contributed by atoms with E-state index >= 15 is 0 Å². The van der Waals surface area contributed by atoms with Crippen LogP contribution in [0.4, 0.5) is 5.69 Å². The third kappa shape index (κ3) is 5.25. The minimum absolute atomic E-state index is 0.261. The molecule has 4 aromatic rings. The maximum atomic E-state index is 12.6. The minimum Gasteiger partial charge on any atom is -0.497 e. The number of ether oxygens (including phenoxy) is 3. The average Bonchev–Trinajstić information content (AvgIpc) is 3.34. The first kappa shape index (κ1) is 21.4. The van der Waals surface area contributed by atoms with Crippen LogP contribution in [0.5, 0.6) is 17.2 Å². The summed E-state index contributed by atoms with van der Waals surface area (Å²) < 4.78 is 16.3. The molecule has 7 heteroatoms. The second-order valence-corrected chi connectivity index (χ2v) is 7.75. The summed E-state index contributed by atoms with van der Waals surface area (Å²) in [5.41, 5.74) is 2.95. The third-order valence-electron chi connectivity index (χ3n) is 4.71. The number of benzene rings is 3. The van der Waals surface area contributed by atoms with Crippen LogP contribution < -0.4 is 19.5 Å². The number of aromatic nitrogens is 1. The van der Waals surface area contributed by atoms with Crippen LogP contribution in [-0.2, 0) is 6.61 Å². The molecule has 32 heavy (non-hydrogen) atoms. The zero-order valence-corrected chi connectivity index (χ0v) is 18.5. The highest BCUT2D eigenvalue weighted by atomic mass is 32.1. The van der Waals surface area contributed by atoms with Gasteiger partial charge in [-0.2, -0.15) is 0 Å². The van der Waals surface area contributed by atoms with Gasteiger partial charge in [0.05, 0.1) is 14.2 Å². The molecule has 0 saturated carbocycles. The van der Waals surface area contributed by atoms with Crippen molar-refractivity contribution < 1.29 is 19.0 Å². The molecule has 0 aliphatic carbocycles. The van der Waals surface area contributed by atoms with E-state index < -0.39 is 0 Å². The van der Waals surface area contributed by atoms with E-state index in [-0.39, 0.29) is 5.91 Å². The van der Waals surface area contributed by atoms with Gasteiger partial charge >= 0.3 is 0 Å². The van der Waals surface area contributed by atoms with Crippen LogP contribution in [0.25, 0.3) is 10.6 Å². The summed E-state index contributed by atoms with van der Waals surface area (Å²) in [6, 6.07) is 22.6. The number of rotatable bonds is 8. The van der Waals surface area contributed by atoms with Gasteiger partial charge < -0.3 is 19.5 Å². The Kier molecular flexibility index (Phi) is 6.67. The Labute approximate surface area is 190 Å². The quantitative estimate of drug-likeness (QED) is 0.378. The van der Waals surface area contributed by atoms with Crippen molar-refractivity contribution in [1.29, 1.82) is 0 Å². The second-order valence-electron chi connectivity index (χ2n) is 6.89. The van der Waals surface area contributed by atoms with E-state index in [1.165, 1.54) is 11.3 Å². The van der Waals surface area contributed by atoms with E-state index in [0.717, 1.165) is 33.4 Å². The highest BCUT2D eigenvalue weighted by Crippen LogP contribution is 2.28. The van der Waals surface area contributed by atoms with Crippen molar-refractivity contribution in [2.45, 2.75) is 6.61 Å². The van der Waals surface area contributed by atoms with Crippen molar-refractivity contribution in [2.24, 2.45) is 0 Å². The molecule has 162 valence electrons. The normalized spacial score (nSPS) is 10.4. The number of hydrogen-bond donors (Lipinski definition) is 1. The van der Waals surface area contributed by atoms with Gasteiger partial charge in [0.15, 0.2) is 0 Å². The van der Waals surface area contributed by atoms with Crippen LogP contribution in [0.1, 0.15) is 16.1 Å². The lowest BCUT2D eigenvalue weighted by molar-refractivity contribution is 0.102. The molecular weight excluding hydrogens is 424 g/mol. The van der Waals surface area contributed by atoms with Crippen LogP contribution in [-0.4, -0.2) is 25.1 Å². The molecule has 0 atom stereocenters. The van der Waals surface area contributed by atoms with Crippen molar-refractivity contribution in [3.05, 3.63) is 89.4 Å². The highest BCUT2D eigenvalue weighted by Gasteiger charge is 2.13. The molecule has 1 amide bonds. The topological polar surface area (TPSA) is 69.7 Å². The molecule has 3 aromatic carbocycles. The molecule has 0 aliphatic rings. The molecule has 6 nitrogen and oxygen atoms in total. The zero-order valence-electron chi connectivity index (χ0n) is 17.7. The Bertz CT molecular complexity index is 1200. The summed E-state index contributed by atoms with van der Waals surface area (Å²) in [5, 5.41) is 5.34. The maximum absolute atomic E-state index is 12.6. The Balaban J connectivity index is 1.42. The van der Waals surface area contributed by atoms with Crippen molar-refractivity contribution >= 4 is 22.9 Å². The standard InChI is InChI=1S/C25H22N2O4S/c1-29-20-11-9-19(10-12-20)26-24(28)23-16-32-25(27-23)18-6-4-8-22(14-18)31-15-17-5-3-7-21(13-17)30-2/h3-14,16H,15H2,1-2H3,(H,26,28). The smallest absolute Gasteiger partial charge is 0.275 e. The first-order valence-corrected chi connectivity index (χ1v) is 10.8. The summed E-state index contributed by atoms with van der Waals surface area (Å²) in [6.07, 6.45) is 0. The summed E-state index contributed by atoms with van der Waals surface area (Å²) in [5.74, 6) is 1.99. The van der Waals surface area contributed by atoms with Gasteiger partial charge in [-0.1, -0.05) is 24.3 Å². The fraction of sp³-hybridized carbons (Fsp3) is 0.120. The molecule has 0 bridgehead atoms. The number of hydrogen-bond acceptors (Lipinski definition) is 6. The molecule has 1 heterocycles. The molecule has 0 spiro atoms. The predicted molar refractivity (Wildman–Crippen MR) is 126 cm³/mol. The third-order valence-corrected chi connectivity index (χ3v) is 5.60. The highest BCUT2D eigenvalue weighted by molar-refractivity contribution is 7.13. The summed E-state index contributed by atoms with van der Waals surface area (Å²) in [6.45, 7) is 0.425. The van der Waals surface area contributed by atoms with Crippen LogP contribution in [0.15, 0.2) is 78.2 Å². The molecule has 1 N–H and O–H groups in total. The molecule has 0 radical (unpaired) electrons. The molecular formula is C25H22N2O4S. The van der Waals surface area contributed by atoms with Gasteiger partial charge in [0, 0.05) is 16.6 Å². The van der Waals surface area contributed by atoms with Crippen LogP contribution in [0, 0.1) is 0 Å².